The molecular formula is C16H25N3O3. The summed E-state index contributed by atoms with van der Waals surface area (Å²) >= 11 is 0. The lowest BCUT2D eigenvalue weighted by Gasteiger charge is -2.38. The van der Waals surface area contributed by atoms with Gasteiger partial charge in [-0.2, -0.15) is 0 Å². The Morgan fingerprint density at radius 2 is 2.14 bits per heavy atom. The van der Waals surface area contributed by atoms with Crippen molar-refractivity contribution in [1.29, 1.82) is 0 Å². The molecule has 0 spiro atoms. The first-order chi connectivity index (χ1) is 10.6. The second-order valence-corrected chi connectivity index (χ2v) is 5.70. The van der Waals surface area contributed by atoms with Gasteiger partial charge in [-0.3, -0.25) is 0 Å². The summed E-state index contributed by atoms with van der Waals surface area (Å²) in [7, 11) is 1.59. The number of methoxy groups -OCH3 is 1. The summed E-state index contributed by atoms with van der Waals surface area (Å²) < 4.78 is 10.3. The quantitative estimate of drug-likeness (QED) is 0.844. The first-order valence-corrected chi connectivity index (χ1v) is 7.80. The average molecular weight is 307 g/mol. The van der Waals surface area contributed by atoms with Gasteiger partial charge < -0.3 is 20.1 Å². The fourth-order valence-corrected chi connectivity index (χ4v) is 2.57. The Morgan fingerprint density at radius 3 is 2.68 bits per heavy atom. The van der Waals surface area contributed by atoms with Crippen molar-refractivity contribution in [2.45, 2.75) is 38.1 Å². The van der Waals surface area contributed by atoms with E-state index in [1.807, 2.05) is 12.1 Å². The van der Waals surface area contributed by atoms with Crippen LogP contribution in [0.4, 0.5) is 4.79 Å². The van der Waals surface area contributed by atoms with E-state index in [0.29, 0.717) is 38.4 Å². The minimum atomic E-state index is -0.445. The first kappa shape index (κ1) is 16.5. The smallest absolute Gasteiger partial charge is 0.409 e. The zero-order valence-electron chi connectivity index (χ0n) is 13.4. The number of likely N-dealkylation sites (tertiary alicyclic amines) is 1. The Kier molecular flexibility index (Phi) is 5.60. The highest BCUT2D eigenvalue weighted by molar-refractivity contribution is 5.67. The minimum absolute atomic E-state index is 0.233. The van der Waals surface area contributed by atoms with Gasteiger partial charge in [-0.25, -0.2) is 9.78 Å². The van der Waals surface area contributed by atoms with Crippen LogP contribution in [-0.2, 0) is 10.3 Å². The summed E-state index contributed by atoms with van der Waals surface area (Å²) in [6.45, 7) is 3.77. The molecule has 1 aliphatic rings. The maximum Gasteiger partial charge on any atom is 0.409 e. The molecule has 1 aromatic rings. The van der Waals surface area contributed by atoms with Crippen molar-refractivity contribution in [3.8, 4) is 5.88 Å². The van der Waals surface area contributed by atoms with E-state index in [1.54, 1.807) is 18.2 Å². The third-order valence-electron chi connectivity index (χ3n) is 4.16. The summed E-state index contributed by atoms with van der Waals surface area (Å²) in [6, 6.07) is 3.76. The number of piperidine rings is 1. The number of ether oxygens (including phenoxy) is 2. The molecular weight excluding hydrogens is 282 g/mol. The summed E-state index contributed by atoms with van der Waals surface area (Å²) in [5.41, 5.74) is 7.03. The number of pyridine rings is 1. The number of hydrogen-bond acceptors (Lipinski definition) is 5. The molecule has 0 bridgehead atoms. The number of carbonyl (C=O) groups excluding carboxylic acids is 1. The molecule has 0 unspecified atom stereocenters. The molecule has 1 aromatic heterocycles. The maximum absolute atomic E-state index is 11.9. The molecule has 2 rings (SSSR count). The van der Waals surface area contributed by atoms with Crippen LogP contribution in [0.15, 0.2) is 18.3 Å². The number of carbonyl (C=O) groups is 1. The Hall–Kier alpha value is -1.82. The fourth-order valence-electron chi connectivity index (χ4n) is 2.57. The van der Waals surface area contributed by atoms with Gasteiger partial charge in [0.2, 0.25) is 5.88 Å². The Labute approximate surface area is 131 Å². The van der Waals surface area contributed by atoms with Crippen LogP contribution in [0, 0.1) is 0 Å². The van der Waals surface area contributed by atoms with Crippen molar-refractivity contribution in [2.24, 2.45) is 5.73 Å². The van der Waals surface area contributed by atoms with Crippen molar-refractivity contribution in [3.63, 3.8) is 0 Å². The van der Waals surface area contributed by atoms with Crippen molar-refractivity contribution in [2.75, 3.05) is 26.8 Å². The van der Waals surface area contributed by atoms with Gasteiger partial charge in [-0.1, -0.05) is 19.4 Å². The number of unbranched alkanes of at least 4 members (excludes halogenated alkanes) is 1. The molecule has 1 fully saturated rings. The van der Waals surface area contributed by atoms with Crippen LogP contribution >= 0.6 is 0 Å². The van der Waals surface area contributed by atoms with Gasteiger partial charge in [-0.15, -0.1) is 0 Å². The number of nitrogens with two attached hydrogens (primary N) is 1. The number of nitrogens with zero attached hydrogens (tertiary/aromatic N) is 2. The molecule has 6 heteroatoms. The molecule has 2 heterocycles. The van der Waals surface area contributed by atoms with Crippen molar-refractivity contribution in [3.05, 3.63) is 23.9 Å². The SMILES string of the molecule is CCCCOC(=O)N1CCC(N)(c2ccc(OC)nc2)CC1. The molecule has 122 valence electrons. The first-order valence-electron chi connectivity index (χ1n) is 7.80. The van der Waals surface area contributed by atoms with Gasteiger partial charge in [-0.05, 0) is 24.8 Å². The Morgan fingerprint density at radius 1 is 1.41 bits per heavy atom. The van der Waals surface area contributed by atoms with Crippen LogP contribution < -0.4 is 10.5 Å². The van der Waals surface area contributed by atoms with E-state index in [1.165, 1.54) is 0 Å². The fraction of sp³-hybridized carbons (Fsp3) is 0.625. The summed E-state index contributed by atoms with van der Waals surface area (Å²) in [5, 5.41) is 0. The zero-order valence-corrected chi connectivity index (χ0v) is 13.4. The van der Waals surface area contributed by atoms with Gasteiger partial charge in [0.1, 0.15) is 0 Å². The monoisotopic (exact) mass is 307 g/mol. The largest absolute Gasteiger partial charge is 0.481 e. The highest BCUT2D eigenvalue weighted by Gasteiger charge is 2.34. The predicted octanol–water partition coefficient (Wildman–Crippen LogP) is 2.28. The van der Waals surface area contributed by atoms with E-state index in [4.69, 9.17) is 15.2 Å². The van der Waals surface area contributed by atoms with Gasteiger partial charge in [0.15, 0.2) is 0 Å². The number of amides is 1. The van der Waals surface area contributed by atoms with E-state index in [2.05, 4.69) is 11.9 Å². The molecule has 2 N–H and O–H groups in total. The molecule has 1 saturated heterocycles. The molecule has 0 saturated carbocycles. The molecule has 0 radical (unpaired) electrons. The average Bonchev–Trinajstić information content (AvgIpc) is 2.55. The molecule has 1 aliphatic heterocycles. The lowest BCUT2D eigenvalue weighted by Crippen LogP contribution is -2.50. The molecule has 6 nitrogen and oxygen atoms in total. The van der Waals surface area contributed by atoms with E-state index < -0.39 is 5.54 Å². The standard InChI is InChI=1S/C16H25N3O3/c1-3-4-11-22-15(20)19-9-7-16(17,8-10-19)13-5-6-14(21-2)18-12-13/h5-6,12H,3-4,7-11,17H2,1-2H3. The summed E-state index contributed by atoms with van der Waals surface area (Å²) in [4.78, 5) is 17.9. The molecule has 0 aliphatic carbocycles. The highest BCUT2D eigenvalue weighted by atomic mass is 16.6. The lowest BCUT2D eigenvalue weighted by atomic mass is 9.83. The third kappa shape index (κ3) is 3.88. The van der Waals surface area contributed by atoms with Crippen molar-refractivity contribution in [1.82, 2.24) is 9.88 Å². The molecule has 1 amide bonds. The van der Waals surface area contributed by atoms with Crippen LogP contribution in [0.2, 0.25) is 0 Å². The minimum Gasteiger partial charge on any atom is -0.481 e. The second kappa shape index (κ2) is 7.45. The van der Waals surface area contributed by atoms with Crippen molar-refractivity contribution >= 4 is 6.09 Å². The van der Waals surface area contributed by atoms with Gasteiger partial charge >= 0.3 is 6.09 Å². The lowest BCUT2D eigenvalue weighted by molar-refractivity contribution is 0.0821. The van der Waals surface area contributed by atoms with Crippen molar-refractivity contribution < 1.29 is 14.3 Å². The van der Waals surface area contributed by atoms with E-state index in [9.17, 15) is 4.79 Å². The number of hydrogen-bond donors (Lipinski definition) is 1. The molecule has 0 atom stereocenters. The third-order valence-corrected chi connectivity index (χ3v) is 4.16. The van der Waals surface area contributed by atoms with Crippen LogP contribution in [-0.4, -0.2) is 42.8 Å². The van der Waals surface area contributed by atoms with Gasteiger partial charge in [0.05, 0.1) is 13.7 Å². The zero-order chi connectivity index (χ0) is 16.0. The predicted molar refractivity (Wildman–Crippen MR) is 83.7 cm³/mol. The maximum atomic E-state index is 11.9. The van der Waals surface area contributed by atoms with E-state index in [-0.39, 0.29) is 6.09 Å². The Bertz CT molecular complexity index is 482. The Balaban J connectivity index is 1.90. The van der Waals surface area contributed by atoms with Crippen LogP contribution in [0.1, 0.15) is 38.2 Å². The summed E-state index contributed by atoms with van der Waals surface area (Å²) in [6.07, 6.45) is 4.84. The van der Waals surface area contributed by atoms with Crippen LogP contribution in [0.5, 0.6) is 5.88 Å². The number of rotatable bonds is 5. The van der Waals surface area contributed by atoms with Crippen LogP contribution in [0.3, 0.4) is 0 Å². The van der Waals surface area contributed by atoms with E-state index >= 15 is 0 Å². The summed E-state index contributed by atoms with van der Waals surface area (Å²) in [5.74, 6) is 0.573. The highest BCUT2D eigenvalue weighted by Crippen LogP contribution is 2.30. The van der Waals surface area contributed by atoms with Gasteiger partial charge in [0, 0.05) is 30.9 Å². The van der Waals surface area contributed by atoms with Gasteiger partial charge in [0.25, 0.3) is 0 Å². The topological polar surface area (TPSA) is 77.7 Å². The second-order valence-electron chi connectivity index (χ2n) is 5.70. The van der Waals surface area contributed by atoms with Crippen LogP contribution in [0.25, 0.3) is 0 Å². The normalized spacial score (nSPS) is 17.1. The number of aromatic nitrogens is 1. The van der Waals surface area contributed by atoms with E-state index in [0.717, 1.165) is 18.4 Å². The molecule has 22 heavy (non-hydrogen) atoms. The molecule has 0 aromatic carbocycles.